The average Bonchev–Trinajstić information content (AvgIpc) is 3.23. The number of hydrogen-bond donors (Lipinski definition) is 0. The van der Waals surface area contributed by atoms with Crippen molar-refractivity contribution in [3.8, 4) is 5.69 Å². The van der Waals surface area contributed by atoms with Crippen molar-refractivity contribution in [2.75, 3.05) is 13.1 Å². The van der Waals surface area contributed by atoms with Crippen LogP contribution in [-0.4, -0.2) is 48.3 Å². The van der Waals surface area contributed by atoms with Gasteiger partial charge in [-0.3, -0.25) is 14.0 Å². The Hall–Kier alpha value is -3.13. The van der Waals surface area contributed by atoms with Gasteiger partial charge in [-0.15, -0.1) is 10.2 Å². The van der Waals surface area contributed by atoms with Crippen LogP contribution in [0.1, 0.15) is 37.8 Å². The van der Waals surface area contributed by atoms with E-state index in [1.165, 1.54) is 11.8 Å². The third-order valence-electron chi connectivity index (χ3n) is 6.71. The summed E-state index contributed by atoms with van der Waals surface area (Å²) in [6.45, 7) is 9.80. The number of hydrogen-bond acceptors (Lipinski definition) is 5. The first-order chi connectivity index (χ1) is 16.3. The van der Waals surface area contributed by atoms with Gasteiger partial charge in [0, 0.05) is 13.1 Å². The van der Waals surface area contributed by atoms with Gasteiger partial charge in [-0.1, -0.05) is 48.5 Å². The van der Waals surface area contributed by atoms with Crippen LogP contribution < -0.4 is 5.56 Å². The third kappa shape index (κ3) is 3.90. The Morgan fingerprint density at radius 1 is 1.09 bits per heavy atom. The number of benzene rings is 2. The molecule has 1 amide bonds. The predicted octanol–water partition coefficient (Wildman–Crippen LogP) is 4.39. The van der Waals surface area contributed by atoms with Gasteiger partial charge in [-0.2, -0.15) is 0 Å². The summed E-state index contributed by atoms with van der Waals surface area (Å²) in [7, 11) is 0. The minimum absolute atomic E-state index is 0.126. The summed E-state index contributed by atoms with van der Waals surface area (Å²) in [6.07, 6.45) is 2.09. The van der Waals surface area contributed by atoms with E-state index in [4.69, 9.17) is 0 Å². The molecular formula is C26H29N5O2S. The number of likely N-dealkylation sites (tertiary alicyclic amines) is 1. The molecule has 0 aliphatic carbocycles. The highest BCUT2D eigenvalue weighted by Crippen LogP contribution is 2.28. The molecule has 7 nitrogen and oxygen atoms in total. The van der Waals surface area contributed by atoms with E-state index in [1.54, 1.807) is 4.57 Å². The quantitative estimate of drug-likeness (QED) is 0.410. The van der Waals surface area contributed by atoms with E-state index < -0.39 is 0 Å². The largest absolute Gasteiger partial charge is 0.342 e. The maximum absolute atomic E-state index is 13.6. The molecular weight excluding hydrogens is 446 g/mol. The zero-order chi connectivity index (χ0) is 24.0. The molecule has 1 aliphatic heterocycles. The van der Waals surface area contributed by atoms with Crippen LogP contribution in [-0.2, 0) is 4.79 Å². The number of carbonyl (C=O) groups is 1. The molecule has 176 valence electrons. The van der Waals surface area contributed by atoms with Crippen LogP contribution in [0.5, 0.6) is 0 Å². The van der Waals surface area contributed by atoms with Crippen molar-refractivity contribution in [2.24, 2.45) is 5.92 Å². The Labute approximate surface area is 202 Å². The van der Waals surface area contributed by atoms with Gasteiger partial charge in [-0.25, -0.2) is 4.57 Å². The summed E-state index contributed by atoms with van der Waals surface area (Å²) < 4.78 is 3.54. The normalized spacial score (nSPS) is 15.8. The molecule has 1 aliphatic rings. The molecule has 1 saturated heterocycles. The fourth-order valence-corrected chi connectivity index (χ4v) is 5.66. The monoisotopic (exact) mass is 475 g/mol. The summed E-state index contributed by atoms with van der Waals surface area (Å²) in [6, 6.07) is 13.5. The summed E-state index contributed by atoms with van der Waals surface area (Å²) in [5.41, 5.74) is 3.50. The van der Waals surface area contributed by atoms with Gasteiger partial charge >= 0.3 is 0 Å². The van der Waals surface area contributed by atoms with Crippen molar-refractivity contribution in [3.63, 3.8) is 0 Å². The van der Waals surface area contributed by atoms with Gasteiger partial charge in [0.2, 0.25) is 11.7 Å². The summed E-state index contributed by atoms with van der Waals surface area (Å²) in [4.78, 5) is 28.7. The minimum atomic E-state index is -0.305. The second kappa shape index (κ2) is 8.91. The molecule has 1 atom stereocenters. The van der Waals surface area contributed by atoms with E-state index in [-0.39, 0.29) is 16.7 Å². The molecule has 5 rings (SSSR count). The Kier molecular flexibility index (Phi) is 5.93. The van der Waals surface area contributed by atoms with Crippen LogP contribution in [0.3, 0.4) is 0 Å². The summed E-state index contributed by atoms with van der Waals surface area (Å²) in [5.74, 6) is 1.24. The molecule has 3 heterocycles. The van der Waals surface area contributed by atoms with Crippen LogP contribution in [0.15, 0.2) is 52.4 Å². The summed E-state index contributed by atoms with van der Waals surface area (Å²) in [5, 5.41) is 9.77. The fraction of sp³-hybridized carbons (Fsp3) is 0.385. The number of nitrogens with zero attached hydrogens (tertiary/aromatic N) is 5. The Morgan fingerprint density at radius 3 is 2.56 bits per heavy atom. The number of rotatable bonds is 4. The highest BCUT2D eigenvalue weighted by molar-refractivity contribution is 8.00. The van der Waals surface area contributed by atoms with E-state index in [2.05, 4.69) is 23.2 Å². The fourth-order valence-electron chi connectivity index (χ4n) is 4.72. The van der Waals surface area contributed by atoms with Gasteiger partial charge in [0.15, 0.2) is 5.16 Å². The first-order valence-corrected chi connectivity index (χ1v) is 12.6. The molecule has 1 fully saturated rings. The number of fused-ring (bicyclic) bond motifs is 3. The minimum Gasteiger partial charge on any atom is -0.342 e. The number of piperidine rings is 1. The van der Waals surface area contributed by atoms with Crippen LogP contribution in [0, 0.1) is 19.8 Å². The highest BCUT2D eigenvalue weighted by Gasteiger charge is 2.27. The Balaban J connectivity index is 1.62. The Morgan fingerprint density at radius 2 is 1.82 bits per heavy atom. The van der Waals surface area contributed by atoms with Crippen molar-refractivity contribution >= 4 is 34.3 Å². The van der Waals surface area contributed by atoms with E-state index >= 15 is 0 Å². The zero-order valence-corrected chi connectivity index (χ0v) is 20.8. The van der Waals surface area contributed by atoms with Crippen LogP contribution in [0.4, 0.5) is 0 Å². The lowest BCUT2D eigenvalue weighted by Gasteiger charge is -2.31. The molecule has 8 heteroatoms. The van der Waals surface area contributed by atoms with Gasteiger partial charge in [-0.05, 0) is 63.3 Å². The van der Waals surface area contributed by atoms with Crippen molar-refractivity contribution in [3.05, 3.63) is 63.9 Å². The predicted molar refractivity (Wildman–Crippen MR) is 136 cm³/mol. The van der Waals surface area contributed by atoms with Gasteiger partial charge in [0.25, 0.3) is 5.56 Å². The Bertz CT molecular complexity index is 1450. The lowest BCUT2D eigenvalue weighted by atomic mass is 9.99. The molecule has 0 radical (unpaired) electrons. The highest BCUT2D eigenvalue weighted by atomic mass is 32.2. The van der Waals surface area contributed by atoms with Crippen molar-refractivity contribution in [1.82, 2.24) is 24.1 Å². The molecule has 2 aromatic heterocycles. The van der Waals surface area contributed by atoms with Gasteiger partial charge < -0.3 is 4.90 Å². The molecule has 2 aromatic carbocycles. The first-order valence-electron chi connectivity index (χ1n) is 11.8. The average molecular weight is 476 g/mol. The molecule has 34 heavy (non-hydrogen) atoms. The molecule has 1 unspecified atom stereocenters. The van der Waals surface area contributed by atoms with Crippen molar-refractivity contribution in [2.45, 2.75) is 50.9 Å². The number of amides is 1. The van der Waals surface area contributed by atoms with Gasteiger partial charge in [0.05, 0.1) is 21.8 Å². The van der Waals surface area contributed by atoms with E-state index in [1.807, 2.05) is 66.5 Å². The second-order valence-electron chi connectivity index (χ2n) is 9.33. The number of aromatic nitrogens is 4. The lowest BCUT2D eigenvalue weighted by molar-refractivity contribution is -0.131. The van der Waals surface area contributed by atoms with Gasteiger partial charge in [0.1, 0.15) is 0 Å². The van der Waals surface area contributed by atoms with E-state index in [9.17, 15) is 9.59 Å². The molecule has 0 spiro atoms. The summed E-state index contributed by atoms with van der Waals surface area (Å²) >= 11 is 1.40. The van der Waals surface area contributed by atoms with Crippen LogP contribution >= 0.6 is 11.8 Å². The molecule has 0 N–H and O–H groups in total. The molecule has 4 aromatic rings. The van der Waals surface area contributed by atoms with Crippen LogP contribution in [0.2, 0.25) is 0 Å². The number of aryl methyl sites for hydroxylation is 2. The van der Waals surface area contributed by atoms with Crippen molar-refractivity contribution in [1.29, 1.82) is 0 Å². The molecule has 0 bridgehead atoms. The second-order valence-corrected chi connectivity index (χ2v) is 10.6. The first kappa shape index (κ1) is 22.7. The van der Waals surface area contributed by atoms with E-state index in [0.29, 0.717) is 22.2 Å². The topological polar surface area (TPSA) is 72.5 Å². The number of thioether (sulfide) groups is 1. The standard InChI is InChI=1S/C26H29N5O2S/c1-16-11-13-29(14-12-16)23(32)19(4)34-26-28-27-25-30(21-10-9-17(2)15-18(21)3)24(33)20-7-5-6-8-22(20)31(25)26/h5-10,15-16,19H,11-14H2,1-4H3. The number of para-hydroxylation sites is 1. The maximum atomic E-state index is 13.6. The SMILES string of the molecule is Cc1ccc(-n2c(=O)c3ccccc3n3c(SC(C)C(=O)N4CCC(C)CC4)nnc23)c(C)c1. The smallest absolute Gasteiger partial charge is 0.267 e. The zero-order valence-electron chi connectivity index (χ0n) is 20.0. The lowest BCUT2D eigenvalue weighted by Crippen LogP contribution is -2.41. The third-order valence-corrected chi connectivity index (χ3v) is 7.74. The molecule has 0 saturated carbocycles. The maximum Gasteiger partial charge on any atom is 0.267 e. The van der Waals surface area contributed by atoms with Crippen molar-refractivity contribution < 1.29 is 4.79 Å². The number of carbonyl (C=O) groups excluding carboxylic acids is 1. The van der Waals surface area contributed by atoms with Crippen LogP contribution in [0.25, 0.3) is 22.4 Å². The van der Waals surface area contributed by atoms with E-state index in [0.717, 1.165) is 48.3 Å².